The monoisotopic (exact) mass is 255 g/mol. The average Bonchev–Trinajstić information content (AvgIpc) is 2.57. The highest BCUT2D eigenvalue weighted by Gasteiger charge is 2.45. The molecule has 2 atom stereocenters. The van der Waals surface area contributed by atoms with Crippen LogP contribution in [0.2, 0.25) is 0 Å². The number of likely N-dealkylation sites (N-methyl/N-ethyl adjacent to an activating group) is 1. The topological polar surface area (TPSA) is 49.6 Å². The smallest absolute Gasteiger partial charge is 0.230 e. The van der Waals surface area contributed by atoms with E-state index in [1.54, 1.807) is 0 Å². The Morgan fingerprint density at radius 3 is 2.06 bits per heavy atom. The number of hydrogen-bond acceptors (Lipinski definition) is 3. The minimum Gasteiger partial charge on any atom is -0.340 e. The molecule has 18 heavy (non-hydrogen) atoms. The Balaban J connectivity index is 2.82. The van der Waals surface area contributed by atoms with Crippen molar-refractivity contribution in [1.29, 1.82) is 0 Å². The number of nitrogens with two attached hydrogens (primary N) is 1. The second-order valence-corrected chi connectivity index (χ2v) is 7.07. The lowest BCUT2D eigenvalue weighted by atomic mass is 9.74. The molecule has 0 aromatic carbocycles. The lowest BCUT2D eigenvalue weighted by Crippen LogP contribution is -2.56. The second-order valence-electron chi connectivity index (χ2n) is 7.07. The third kappa shape index (κ3) is 2.69. The van der Waals surface area contributed by atoms with E-state index in [0.29, 0.717) is 12.0 Å². The molecule has 0 spiro atoms. The highest BCUT2D eigenvalue weighted by molar-refractivity contribution is 5.83. The van der Waals surface area contributed by atoms with Gasteiger partial charge in [-0.1, -0.05) is 6.92 Å². The van der Waals surface area contributed by atoms with E-state index < -0.39 is 11.0 Å². The molecule has 106 valence electrons. The van der Waals surface area contributed by atoms with E-state index in [4.69, 9.17) is 5.73 Å². The molecule has 1 saturated heterocycles. The standard InChI is InChI=1S/C14H29N3O/c1-10-8-17(9-11(10)16(6)7)12(18)13(2,3)14(4,5)15/h10-11H,8-9,15H2,1-7H3. The fraction of sp³-hybridized carbons (Fsp3) is 0.929. The number of nitrogens with zero attached hydrogens (tertiary/aromatic N) is 2. The van der Waals surface area contributed by atoms with Crippen LogP contribution < -0.4 is 5.73 Å². The Labute approximate surface area is 111 Å². The summed E-state index contributed by atoms with van der Waals surface area (Å²) in [6, 6.07) is 0.450. The van der Waals surface area contributed by atoms with Crippen molar-refractivity contribution >= 4 is 5.91 Å². The first-order chi connectivity index (χ1) is 7.98. The van der Waals surface area contributed by atoms with Crippen molar-refractivity contribution in [2.24, 2.45) is 17.1 Å². The molecule has 0 aromatic heterocycles. The van der Waals surface area contributed by atoms with E-state index in [1.165, 1.54) is 0 Å². The van der Waals surface area contributed by atoms with Crippen molar-refractivity contribution in [3.05, 3.63) is 0 Å². The molecule has 1 aliphatic heterocycles. The summed E-state index contributed by atoms with van der Waals surface area (Å²) >= 11 is 0. The molecule has 2 N–H and O–H groups in total. The maximum Gasteiger partial charge on any atom is 0.230 e. The molecule has 4 heteroatoms. The summed E-state index contributed by atoms with van der Waals surface area (Å²) in [5.41, 5.74) is 5.11. The van der Waals surface area contributed by atoms with Crippen LogP contribution in [-0.4, -0.2) is 54.5 Å². The Bertz CT molecular complexity index is 317. The van der Waals surface area contributed by atoms with Crippen molar-refractivity contribution in [1.82, 2.24) is 9.80 Å². The molecular weight excluding hydrogens is 226 g/mol. The van der Waals surface area contributed by atoms with E-state index in [9.17, 15) is 4.79 Å². The predicted octanol–water partition coefficient (Wildman–Crippen LogP) is 1.16. The van der Waals surface area contributed by atoms with Gasteiger partial charge in [-0.3, -0.25) is 4.79 Å². The number of likely N-dealkylation sites (tertiary alicyclic amines) is 1. The first kappa shape index (κ1) is 15.4. The highest BCUT2D eigenvalue weighted by Crippen LogP contribution is 2.33. The molecule has 1 rings (SSSR count). The van der Waals surface area contributed by atoms with Crippen molar-refractivity contribution in [2.75, 3.05) is 27.2 Å². The van der Waals surface area contributed by atoms with Crippen molar-refractivity contribution in [3.8, 4) is 0 Å². The molecule has 4 nitrogen and oxygen atoms in total. The van der Waals surface area contributed by atoms with E-state index in [0.717, 1.165) is 13.1 Å². The van der Waals surface area contributed by atoms with Crippen LogP contribution >= 0.6 is 0 Å². The van der Waals surface area contributed by atoms with Crippen molar-refractivity contribution in [3.63, 3.8) is 0 Å². The maximum absolute atomic E-state index is 12.7. The summed E-state index contributed by atoms with van der Waals surface area (Å²) in [6.07, 6.45) is 0. The van der Waals surface area contributed by atoms with Gasteiger partial charge in [0, 0.05) is 24.7 Å². The van der Waals surface area contributed by atoms with E-state index in [2.05, 4.69) is 25.9 Å². The SMILES string of the molecule is CC1CN(C(=O)C(C)(C)C(C)(C)N)CC1N(C)C. The van der Waals surface area contributed by atoms with Gasteiger partial charge in [0.05, 0.1) is 5.41 Å². The summed E-state index contributed by atoms with van der Waals surface area (Å²) in [7, 11) is 4.15. The van der Waals surface area contributed by atoms with Gasteiger partial charge in [-0.25, -0.2) is 0 Å². The van der Waals surface area contributed by atoms with E-state index in [-0.39, 0.29) is 5.91 Å². The first-order valence-electron chi connectivity index (χ1n) is 6.73. The summed E-state index contributed by atoms with van der Waals surface area (Å²) < 4.78 is 0. The van der Waals surface area contributed by atoms with Crippen LogP contribution in [0, 0.1) is 11.3 Å². The van der Waals surface area contributed by atoms with Gasteiger partial charge in [0.1, 0.15) is 0 Å². The van der Waals surface area contributed by atoms with Gasteiger partial charge in [-0.2, -0.15) is 0 Å². The largest absolute Gasteiger partial charge is 0.340 e. The Morgan fingerprint density at radius 2 is 1.72 bits per heavy atom. The van der Waals surface area contributed by atoms with Gasteiger partial charge in [0.15, 0.2) is 0 Å². The molecule has 1 fully saturated rings. The van der Waals surface area contributed by atoms with Crippen LogP contribution in [0.15, 0.2) is 0 Å². The third-order valence-corrected chi connectivity index (χ3v) is 4.67. The zero-order chi connectivity index (χ0) is 14.3. The van der Waals surface area contributed by atoms with Crippen LogP contribution in [0.4, 0.5) is 0 Å². The minimum atomic E-state index is -0.534. The van der Waals surface area contributed by atoms with Gasteiger partial charge >= 0.3 is 0 Å². The quantitative estimate of drug-likeness (QED) is 0.823. The molecule has 0 saturated carbocycles. The molecule has 1 aliphatic rings. The van der Waals surface area contributed by atoms with Crippen LogP contribution in [0.3, 0.4) is 0 Å². The number of carbonyl (C=O) groups excluding carboxylic acids is 1. The lowest BCUT2D eigenvalue weighted by Gasteiger charge is -2.39. The zero-order valence-corrected chi connectivity index (χ0v) is 12.9. The van der Waals surface area contributed by atoms with Gasteiger partial charge in [0.25, 0.3) is 0 Å². The van der Waals surface area contributed by atoms with Crippen LogP contribution in [0.5, 0.6) is 0 Å². The zero-order valence-electron chi connectivity index (χ0n) is 12.9. The molecule has 0 bridgehead atoms. The molecule has 0 aliphatic carbocycles. The average molecular weight is 255 g/mol. The lowest BCUT2D eigenvalue weighted by molar-refractivity contribution is -0.142. The molecular formula is C14H29N3O. The fourth-order valence-corrected chi connectivity index (χ4v) is 2.46. The molecule has 0 aromatic rings. The molecule has 0 radical (unpaired) electrons. The number of carbonyl (C=O) groups is 1. The minimum absolute atomic E-state index is 0.172. The van der Waals surface area contributed by atoms with Gasteiger partial charge in [0.2, 0.25) is 5.91 Å². The summed E-state index contributed by atoms with van der Waals surface area (Å²) in [4.78, 5) is 16.8. The van der Waals surface area contributed by atoms with E-state index in [1.807, 2.05) is 32.6 Å². The van der Waals surface area contributed by atoms with Gasteiger partial charge < -0.3 is 15.5 Å². The van der Waals surface area contributed by atoms with Gasteiger partial charge in [-0.15, -0.1) is 0 Å². The fourth-order valence-electron chi connectivity index (χ4n) is 2.46. The number of amides is 1. The highest BCUT2D eigenvalue weighted by atomic mass is 16.2. The number of hydrogen-bond donors (Lipinski definition) is 1. The second kappa shape index (κ2) is 4.82. The Kier molecular flexibility index (Phi) is 4.13. The third-order valence-electron chi connectivity index (χ3n) is 4.67. The Morgan fingerprint density at radius 1 is 1.22 bits per heavy atom. The predicted molar refractivity (Wildman–Crippen MR) is 75.3 cm³/mol. The normalized spacial score (nSPS) is 25.9. The first-order valence-corrected chi connectivity index (χ1v) is 6.73. The van der Waals surface area contributed by atoms with Crippen molar-refractivity contribution in [2.45, 2.75) is 46.2 Å². The summed E-state index contributed by atoms with van der Waals surface area (Å²) in [5, 5.41) is 0. The van der Waals surface area contributed by atoms with Crippen molar-refractivity contribution < 1.29 is 4.79 Å². The summed E-state index contributed by atoms with van der Waals surface area (Å²) in [6.45, 7) is 11.6. The molecule has 1 amide bonds. The number of rotatable bonds is 3. The maximum atomic E-state index is 12.7. The molecule has 1 heterocycles. The van der Waals surface area contributed by atoms with Gasteiger partial charge in [-0.05, 0) is 47.7 Å². The van der Waals surface area contributed by atoms with Crippen LogP contribution in [0.1, 0.15) is 34.6 Å². The van der Waals surface area contributed by atoms with Crippen LogP contribution in [-0.2, 0) is 4.79 Å². The Hall–Kier alpha value is -0.610. The van der Waals surface area contributed by atoms with E-state index >= 15 is 0 Å². The summed E-state index contributed by atoms with van der Waals surface area (Å²) in [5.74, 6) is 0.687. The molecule has 2 unspecified atom stereocenters. The van der Waals surface area contributed by atoms with Crippen LogP contribution in [0.25, 0.3) is 0 Å².